The summed E-state index contributed by atoms with van der Waals surface area (Å²) in [4.78, 5) is 0. The standard InChI is InChI=1S/C20H15Br/c1-12-3-8-17-15(9-12)6-4-14-5-7-16-10-13(2)19(21)11-18(16)20(14)17/h3-11H,1-2H3. The van der Waals surface area contributed by atoms with Crippen molar-refractivity contribution in [1.82, 2.24) is 0 Å². The van der Waals surface area contributed by atoms with Gasteiger partial charge in [0.1, 0.15) is 0 Å². The summed E-state index contributed by atoms with van der Waals surface area (Å²) in [5, 5.41) is 7.92. The number of halogens is 1. The van der Waals surface area contributed by atoms with Gasteiger partial charge in [-0.15, -0.1) is 0 Å². The molecule has 0 N–H and O–H groups in total. The lowest BCUT2D eigenvalue weighted by molar-refractivity contribution is 1.47. The maximum atomic E-state index is 3.68. The predicted octanol–water partition coefficient (Wildman–Crippen LogP) is 6.53. The fourth-order valence-corrected chi connectivity index (χ4v) is 3.49. The second kappa shape index (κ2) is 4.57. The molecule has 0 nitrogen and oxygen atoms in total. The zero-order chi connectivity index (χ0) is 14.6. The largest absolute Gasteiger partial charge is 0.0587 e. The van der Waals surface area contributed by atoms with Crippen LogP contribution in [0.15, 0.2) is 59.1 Å². The van der Waals surface area contributed by atoms with Crippen molar-refractivity contribution in [3.8, 4) is 0 Å². The molecule has 0 saturated carbocycles. The first-order valence-corrected chi connectivity index (χ1v) is 7.95. The second-order valence-electron chi connectivity index (χ2n) is 5.78. The number of benzene rings is 4. The van der Waals surface area contributed by atoms with E-state index in [9.17, 15) is 0 Å². The van der Waals surface area contributed by atoms with Gasteiger partial charge >= 0.3 is 0 Å². The Morgan fingerprint density at radius 1 is 0.667 bits per heavy atom. The van der Waals surface area contributed by atoms with Gasteiger partial charge in [-0.2, -0.15) is 0 Å². The molecule has 21 heavy (non-hydrogen) atoms. The van der Waals surface area contributed by atoms with Crippen LogP contribution in [0.4, 0.5) is 0 Å². The van der Waals surface area contributed by atoms with E-state index >= 15 is 0 Å². The van der Waals surface area contributed by atoms with Crippen LogP contribution in [-0.4, -0.2) is 0 Å². The van der Waals surface area contributed by atoms with Gasteiger partial charge < -0.3 is 0 Å². The van der Waals surface area contributed by atoms with Gasteiger partial charge in [0.15, 0.2) is 0 Å². The molecule has 4 rings (SSSR count). The van der Waals surface area contributed by atoms with E-state index in [4.69, 9.17) is 0 Å². The zero-order valence-corrected chi connectivity index (χ0v) is 13.7. The molecule has 1 heteroatoms. The molecule has 0 aliphatic rings. The minimum atomic E-state index is 1.17. The van der Waals surface area contributed by atoms with Gasteiger partial charge in [-0.3, -0.25) is 0 Å². The zero-order valence-electron chi connectivity index (χ0n) is 12.1. The Morgan fingerprint density at radius 3 is 2.10 bits per heavy atom. The summed E-state index contributed by atoms with van der Waals surface area (Å²) in [6.07, 6.45) is 0. The Bertz CT molecular complexity index is 1010. The molecule has 0 aromatic heterocycles. The normalized spacial score (nSPS) is 11.6. The summed E-state index contributed by atoms with van der Waals surface area (Å²) in [7, 11) is 0. The van der Waals surface area contributed by atoms with Crippen molar-refractivity contribution in [2.75, 3.05) is 0 Å². The highest BCUT2D eigenvalue weighted by Gasteiger charge is 2.07. The molecule has 0 amide bonds. The van der Waals surface area contributed by atoms with Gasteiger partial charge in [0.2, 0.25) is 0 Å². The molecule has 0 bridgehead atoms. The molecule has 4 aromatic rings. The topological polar surface area (TPSA) is 0 Å². The maximum absolute atomic E-state index is 3.68. The molecular weight excluding hydrogens is 320 g/mol. The van der Waals surface area contributed by atoms with Crippen LogP contribution in [0.2, 0.25) is 0 Å². The molecule has 0 aliphatic heterocycles. The van der Waals surface area contributed by atoms with E-state index in [-0.39, 0.29) is 0 Å². The van der Waals surface area contributed by atoms with Crippen molar-refractivity contribution in [3.63, 3.8) is 0 Å². The van der Waals surface area contributed by atoms with Gasteiger partial charge in [0, 0.05) is 4.47 Å². The number of rotatable bonds is 0. The summed E-state index contributed by atoms with van der Waals surface area (Å²) < 4.78 is 1.17. The van der Waals surface area contributed by atoms with Gasteiger partial charge in [-0.25, -0.2) is 0 Å². The smallest absolute Gasteiger partial charge is 0.0211 e. The minimum Gasteiger partial charge on any atom is -0.0587 e. The van der Waals surface area contributed by atoms with Crippen molar-refractivity contribution >= 4 is 48.2 Å². The average Bonchev–Trinajstić information content (AvgIpc) is 2.47. The van der Waals surface area contributed by atoms with E-state index in [1.165, 1.54) is 47.9 Å². The Balaban J connectivity index is 2.29. The van der Waals surface area contributed by atoms with E-state index in [1.807, 2.05) is 0 Å². The summed E-state index contributed by atoms with van der Waals surface area (Å²) in [5.74, 6) is 0. The lowest BCUT2D eigenvalue weighted by Crippen LogP contribution is -1.84. The van der Waals surface area contributed by atoms with Crippen LogP contribution in [0, 0.1) is 13.8 Å². The van der Waals surface area contributed by atoms with Crippen LogP contribution in [0.1, 0.15) is 11.1 Å². The SMILES string of the molecule is Cc1ccc2c(ccc3ccc4cc(C)c(Br)cc4c32)c1. The summed E-state index contributed by atoms with van der Waals surface area (Å²) in [5.41, 5.74) is 2.58. The molecule has 0 saturated heterocycles. The first-order chi connectivity index (χ1) is 10.1. The summed E-state index contributed by atoms with van der Waals surface area (Å²) in [6, 6.07) is 20.1. The molecule has 0 aliphatic carbocycles. The van der Waals surface area contributed by atoms with Crippen molar-refractivity contribution < 1.29 is 0 Å². The third-order valence-electron chi connectivity index (χ3n) is 4.25. The molecular formula is C20H15Br. The molecule has 0 fully saturated rings. The Labute approximate surface area is 132 Å². The highest BCUT2D eigenvalue weighted by atomic mass is 79.9. The maximum Gasteiger partial charge on any atom is 0.0211 e. The van der Waals surface area contributed by atoms with Crippen LogP contribution in [0.5, 0.6) is 0 Å². The van der Waals surface area contributed by atoms with Crippen molar-refractivity contribution in [2.24, 2.45) is 0 Å². The third-order valence-corrected chi connectivity index (χ3v) is 5.10. The second-order valence-corrected chi connectivity index (χ2v) is 6.63. The van der Waals surface area contributed by atoms with E-state index in [1.54, 1.807) is 0 Å². The molecule has 0 heterocycles. The molecule has 4 aromatic carbocycles. The summed E-state index contributed by atoms with van der Waals surface area (Å²) >= 11 is 3.68. The van der Waals surface area contributed by atoms with Gasteiger partial charge in [0.05, 0.1) is 0 Å². The highest BCUT2D eigenvalue weighted by molar-refractivity contribution is 9.10. The molecule has 102 valence electrons. The number of aryl methyl sites for hydroxylation is 2. The van der Waals surface area contributed by atoms with Crippen LogP contribution in [0.3, 0.4) is 0 Å². The molecule has 0 radical (unpaired) electrons. The minimum absolute atomic E-state index is 1.17. The number of hydrogen-bond donors (Lipinski definition) is 0. The van der Waals surface area contributed by atoms with E-state index in [0.29, 0.717) is 0 Å². The van der Waals surface area contributed by atoms with Crippen LogP contribution < -0.4 is 0 Å². The van der Waals surface area contributed by atoms with Crippen molar-refractivity contribution in [3.05, 3.63) is 70.2 Å². The molecule has 0 unspecified atom stereocenters. The van der Waals surface area contributed by atoms with Gasteiger partial charge in [0.25, 0.3) is 0 Å². The number of fused-ring (bicyclic) bond motifs is 5. The Hall–Kier alpha value is -1.86. The predicted molar refractivity (Wildman–Crippen MR) is 96.1 cm³/mol. The Kier molecular flexibility index (Phi) is 2.80. The quantitative estimate of drug-likeness (QED) is 0.321. The first kappa shape index (κ1) is 12.8. The summed E-state index contributed by atoms with van der Waals surface area (Å²) in [6.45, 7) is 4.28. The van der Waals surface area contributed by atoms with Gasteiger partial charge in [-0.05, 0) is 57.8 Å². The average molecular weight is 335 g/mol. The first-order valence-electron chi connectivity index (χ1n) is 7.15. The molecule has 0 atom stereocenters. The van der Waals surface area contributed by atoms with E-state index < -0.39 is 0 Å². The monoisotopic (exact) mass is 334 g/mol. The lowest BCUT2D eigenvalue weighted by Gasteiger charge is -2.10. The third kappa shape index (κ3) is 1.96. The lowest BCUT2D eigenvalue weighted by atomic mass is 9.95. The van der Waals surface area contributed by atoms with Crippen LogP contribution in [-0.2, 0) is 0 Å². The van der Waals surface area contributed by atoms with Crippen LogP contribution >= 0.6 is 15.9 Å². The van der Waals surface area contributed by atoms with Crippen molar-refractivity contribution in [1.29, 1.82) is 0 Å². The van der Waals surface area contributed by atoms with Gasteiger partial charge in [-0.1, -0.05) is 70.0 Å². The van der Waals surface area contributed by atoms with E-state index in [0.717, 1.165) is 0 Å². The van der Waals surface area contributed by atoms with E-state index in [2.05, 4.69) is 84.4 Å². The Morgan fingerprint density at radius 2 is 1.33 bits per heavy atom. The molecule has 0 spiro atoms. The fraction of sp³-hybridized carbons (Fsp3) is 0.100. The highest BCUT2D eigenvalue weighted by Crippen LogP contribution is 2.34. The number of hydrogen-bond acceptors (Lipinski definition) is 0. The fourth-order valence-electron chi connectivity index (χ4n) is 3.14. The van der Waals surface area contributed by atoms with Crippen molar-refractivity contribution in [2.45, 2.75) is 13.8 Å². The van der Waals surface area contributed by atoms with Crippen LogP contribution in [0.25, 0.3) is 32.3 Å².